The van der Waals surface area contributed by atoms with Crippen molar-refractivity contribution in [2.75, 3.05) is 64.4 Å². The first-order valence-electron chi connectivity index (χ1n) is 7.74. The number of rotatable bonds is 3. The fourth-order valence-corrected chi connectivity index (χ4v) is 3.16. The highest BCUT2D eigenvalue weighted by atomic mass is 35.5. The van der Waals surface area contributed by atoms with Crippen molar-refractivity contribution >= 4 is 17.3 Å². The van der Waals surface area contributed by atoms with Crippen molar-refractivity contribution in [3.63, 3.8) is 0 Å². The van der Waals surface area contributed by atoms with Crippen molar-refractivity contribution in [3.05, 3.63) is 28.8 Å². The molecule has 2 aliphatic heterocycles. The molecule has 0 spiro atoms. The quantitative estimate of drug-likeness (QED) is 0.849. The minimum Gasteiger partial charge on any atom is -0.378 e. The van der Waals surface area contributed by atoms with E-state index in [-0.39, 0.29) is 0 Å². The van der Waals surface area contributed by atoms with Crippen LogP contribution in [0.15, 0.2) is 18.2 Å². The number of piperazine rings is 1. The maximum Gasteiger partial charge on any atom is 0.0642 e. The molecule has 2 saturated heterocycles. The lowest BCUT2D eigenvalue weighted by Crippen LogP contribution is -2.43. The van der Waals surface area contributed by atoms with Gasteiger partial charge in [0.25, 0.3) is 0 Å². The Labute approximate surface area is 132 Å². The Hall–Kier alpha value is -0.810. The minimum absolute atomic E-state index is 0.806. The summed E-state index contributed by atoms with van der Waals surface area (Å²) < 4.78 is 5.40. The predicted molar refractivity (Wildman–Crippen MR) is 87.3 cm³/mol. The van der Waals surface area contributed by atoms with Gasteiger partial charge in [-0.2, -0.15) is 0 Å². The van der Waals surface area contributed by atoms with Gasteiger partial charge in [0.15, 0.2) is 0 Å². The molecule has 0 aliphatic carbocycles. The number of benzene rings is 1. The van der Waals surface area contributed by atoms with Crippen molar-refractivity contribution < 1.29 is 4.74 Å². The van der Waals surface area contributed by atoms with Gasteiger partial charge in [-0.25, -0.2) is 0 Å². The van der Waals surface area contributed by atoms with Crippen LogP contribution in [0, 0.1) is 0 Å². The summed E-state index contributed by atoms with van der Waals surface area (Å²) in [5.74, 6) is 0. The second kappa shape index (κ2) is 6.97. The number of ether oxygens (including phenoxy) is 1. The Kier molecular flexibility index (Phi) is 5.01. The summed E-state index contributed by atoms with van der Waals surface area (Å²) in [5, 5.41) is 0.887. The molecule has 0 radical (unpaired) electrons. The van der Waals surface area contributed by atoms with Gasteiger partial charge >= 0.3 is 0 Å². The van der Waals surface area contributed by atoms with Crippen LogP contribution in [0.2, 0.25) is 5.02 Å². The molecular formula is C16H24ClN3O. The van der Waals surface area contributed by atoms with Crippen LogP contribution < -0.4 is 4.90 Å². The van der Waals surface area contributed by atoms with Gasteiger partial charge in [-0.15, -0.1) is 0 Å². The molecular weight excluding hydrogens is 286 g/mol. The summed E-state index contributed by atoms with van der Waals surface area (Å²) in [6.07, 6.45) is 0. The summed E-state index contributed by atoms with van der Waals surface area (Å²) in [5.41, 5.74) is 2.45. The van der Waals surface area contributed by atoms with Gasteiger partial charge in [0.1, 0.15) is 0 Å². The van der Waals surface area contributed by atoms with Crippen LogP contribution in [0.25, 0.3) is 0 Å². The molecule has 1 aromatic carbocycles. The smallest absolute Gasteiger partial charge is 0.0642 e. The van der Waals surface area contributed by atoms with E-state index in [1.54, 1.807) is 0 Å². The van der Waals surface area contributed by atoms with Gasteiger partial charge in [-0.1, -0.05) is 17.7 Å². The lowest BCUT2D eigenvalue weighted by Gasteiger charge is -2.33. The highest BCUT2D eigenvalue weighted by molar-refractivity contribution is 6.31. The maximum atomic E-state index is 6.50. The second-order valence-electron chi connectivity index (χ2n) is 5.95. The van der Waals surface area contributed by atoms with E-state index in [1.807, 2.05) is 0 Å². The number of halogens is 1. The van der Waals surface area contributed by atoms with Crippen LogP contribution in [0.1, 0.15) is 5.56 Å². The molecule has 0 atom stereocenters. The van der Waals surface area contributed by atoms with E-state index in [2.05, 4.69) is 39.9 Å². The van der Waals surface area contributed by atoms with Crippen molar-refractivity contribution in [2.24, 2.45) is 0 Å². The van der Waals surface area contributed by atoms with E-state index in [1.165, 1.54) is 11.3 Å². The summed E-state index contributed by atoms with van der Waals surface area (Å²) in [6, 6.07) is 6.49. The molecule has 2 heterocycles. The van der Waals surface area contributed by atoms with Gasteiger partial charge in [-0.3, -0.25) is 4.90 Å². The number of likely N-dealkylation sites (N-methyl/N-ethyl adjacent to an activating group) is 1. The number of anilines is 1. The van der Waals surface area contributed by atoms with Gasteiger partial charge < -0.3 is 14.5 Å². The van der Waals surface area contributed by atoms with Crippen LogP contribution >= 0.6 is 11.6 Å². The first kappa shape index (κ1) is 15.1. The van der Waals surface area contributed by atoms with Gasteiger partial charge in [0, 0.05) is 56.5 Å². The van der Waals surface area contributed by atoms with Crippen LogP contribution in [-0.2, 0) is 11.3 Å². The molecule has 0 amide bonds. The van der Waals surface area contributed by atoms with Crippen LogP contribution in [0.5, 0.6) is 0 Å². The third kappa shape index (κ3) is 3.89. The zero-order valence-corrected chi connectivity index (χ0v) is 13.5. The highest BCUT2D eigenvalue weighted by Crippen LogP contribution is 2.25. The minimum atomic E-state index is 0.806. The highest BCUT2D eigenvalue weighted by Gasteiger charge is 2.16. The number of hydrogen-bond acceptors (Lipinski definition) is 4. The summed E-state index contributed by atoms with van der Waals surface area (Å²) in [4.78, 5) is 7.20. The van der Waals surface area contributed by atoms with Crippen molar-refractivity contribution in [3.8, 4) is 0 Å². The zero-order chi connectivity index (χ0) is 14.7. The first-order chi connectivity index (χ1) is 10.2. The molecule has 2 aliphatic rings. The number of hydrogen-bond donors (Lipinski definition) is 0. The maximum absolute atomic E-state index is 6.50. The largest absolute Gasteiger partial charge is 0.378 e. The molecule has 3 rings (SSSR count). The Bertz CT molecular complexity index is 469. The normalized spacial score (nSPS) is 21.7. The van der Waals surface area contributed by atoms with E-state index < -0.39 is 0 Å². The van der Waals surface area contributed by atoms with Crippen LogP contribution in [0.4, 0.5) is 5.69 Å². The predicted octanol–water partition coefficient (Wildman–Crippen LogP) is 1.92. The fraction of sp³-hybridized carbons (Fsp3) is 0.625. The molecule has 0 bridgehead atoms. The average Bonchev–Trinajstić information content (AvgIpc) is 2.52. The van der Waals surface area contributed by atoms with Crippen molar-refractivity contribution in [1.29, 1.82) is 0 Å². The van der Waals surface area contributed by atoms with E-state index in [9.17, 15) is 0 Å². The molecule has 0 aromatic heterocycles. The molecule has 0 saturated carbocycles. The topological polar surface area (TPSA) is 19.0 Å². The standard InChI is InChI=1S/C16H24ClN3O/c1-18-4-6-19(7-5-18)13-14-2-3-15(12-16(14)17)20-8-10-21-11-9-20/h2-3,12H,4-11,13H2,1H3. The van der Waals surface area contributed by atoms with Crippen molar-refractivity contribution in [1.82, 2.24) is 9.80 Å². The van der Waals surface area contributed by atoms with Gasteiger partial charge in [-0.05, 0) is 24.7 Å². The lowest BCUT2D eigenvalue weighted by molar-refractivity contribution is 0.122. The zero-order valence-electron chi connectivity index (χ0n) is 12.7. The van der Waals surface area contributed by atoms with E-state index >= 15 is 0 Å². The van der Waals surface area contributed by atoms with Gasteiger partial charge in [0.05, 0.1) is 13.2 Å². The lowest BCUT2D eigenvalue weighted by atomic mass is 10.1. The first-order valence-corrected chi connectivity index (χ1v) is 8.12. The van der Waals surface area contributed by atoms with Gasteiger partial charge in [0.2, 0.25) is 0 Å². The third-order valence-electron chi connectivity index (χ3n) is 4.40. The Balaban J connectivity index is 1.63. The Morgan fingerprint density at radius 2 is 1.76 bits per heavy atom. The van der Waals surface area contributed by atoms with E-state index in [4.69, 9.17) is 16.3 Å². The SMILES string of the molecule is CN1CCN(Cc2ccc(N3CCOCC3)cc2Cl)CC1. The Morgan fingerprint density at radius 1 is 1.05 bits per heavy atom. The summed E-state index contributed by atoms with van der Waals surface area (Å²) >= 11 is 6.50. The second-order valence-corrected chi connectivity index (χ2v) is 6.36. The molecule has 0 N–H and O–H groups in total. The molecule has 5 heteroatoms. The molecule has 4 nitrogen and oxygen atoms in total. The molecule has 1 aromatic rings. The van der Waals surface area contributed by atoms with Crippen molar-refractivity contribution in [2.45, 2.75) is 6.54 Å². The molecule has 21 heavy (non-hydrogen) atoms. The Morgan fingerprint density at radius 3 is 2.43 bits per heavy atom. The number of morpholine rings is 1. The molecule has 0 unspecified atom stereocenters. The molecule has 2 fully saturated rings. The van der Waals surface area contributed by atoms with E-state index in [0.29, 0.717) is 0 Å². The fourth-order valence-electron chi connectivity index (χ4n) is 2.93. The third-order valence-corrected chi connectivity index (χ3v) is 4.75. The van der Waals surface area contributed by atoms with Crippen LogP contribution in [0.3, 0.4) is 0 Å². The van der Waals surface area contributed by atoms with E-state index in [0.717, 1.165) is 64.0 Å². The van der Waals surface area contributed by atoms with Crippen LogP contribution in [-0.4, -0.2) is 69.3 Å². The number of nitrogens with zero attached hydrogens (tertiary/aromatic N) is 3. The summed E-state index contributed by atoms with van der Waals surface area (Å²) in [6.45, 7) is 9.00. The molecule has 116 valence electrons. The average molecular weight is 310 g/mol. The monoisotopic (exact) mass is 309 g/mol. The summed E-state index contributed by atoms with van der Waals surface area (Å²) in [7, 11) is 2.18.